The summed E-state index contributed by atoms with van der Waals surface area (Å²) in [6.07, 6.45) is -4.54. The lowest BCUT2D eigenvalue weighted by atomic mass is 10.6. The van der Waals surface area contributed by atoms with Crippen molar-refractivity contribution in [2.24, 2.45) is 7.05 Å². The number of halogens is 3. The monoisotopic (exact) mass is 221 g/mol. The molecule has 0 saturated heterocycles. The Balaban J connectivity index is 3.50. The van der Waals surface area contributed by atoms with Crippen LogP contribution in [0.5, 0.6) is 0 Å². The highest BCUT2D eigenvalue weighted by Crippen LogP contribution is 2.27. The van der Waals surface area contributed by atoms with E-state index in [1.807, 2.05) is 0 Å². The Hall–Kier alpha value is -1.29. The van der Waals surface area contributed by atoms with Crippen molar-refractivity contribution in [3.63, 3.8) is 0 Å². The molecule has 0 amide bonds. The van der Waals surface area contributed by atoms with E-state index in [4.69, 9.17) is 12.2 Å². The third kappa shape index (κ3) is 1.80. The average Bonchev–Trinajstić information content (AvgIpc) is 2.32. The van der Waals surface area contributed by atoms with Gasteiger partial charge in [0.15, 0.2) is 0 Å². The van der Waals surface area contributed by atoms with Gasteiger partial charge < -0.3 is 0 Å². The number of nitrogens with zero attached hydrogens (tertiary/aromatic N) is 3. The fourth-order valence-electron chi connectivity index (χ4n) is 0.861. The Labute approximate surface area is 83.1 Å². The van der Waals surface area contributed by atoms with Crippen LogP contribution in [-0.4, -0.2) is 14.3 Å². The second-order valence-electron chi connectivity index (χ2n) is 2.42. The van der Waals surface area contributed by atoms with Crippen LogP contribution < -0.4 is 0 Å². The maximum atomic E-state index is 12.4. The topological polar surface area (TPSA) is 22.8 Å². The molecule has 0 aliphatic rings. The minimum Gasteiger partial charge on any atom is -0.240 e. The van der Waals surface area contributed by atoms with E-state index < -0.39 is 12.0 Å². The number of aryl methyl sites for hydroxylation is 1. The molecule has 1 rings (SSSR count). The van der Waals surface area contributed by atoms with Crippen LogP contribution >= 0.6 is 12.2 Å². The maximum Gasteiger partial charge on any atom is 0.452 e. The highest BCUT2D eigenvalue weighted by molar-refractivity contribution is 7.71. The molecule has 0 aromatic carbocycles. The molecule has 0 spiro atoms. The molecule has 76 valence electrons. The SMILES string of the molecule is CC#Cn1c(C(F)(F)F)nn(C)c1=S. The van der Waals surface area contributed by atoms with Crippen molar-refractivity contribution in [2.75, 3.05) is 0 Å². The van der Waals surface area contributed by atoms with Crippen LogP contribution in [0.2, 0.25) is 0 Å². The van der Waals surface area contributed by atoms with Crippen molar-refractivity contribution in [1.29, 1.82) is 0 Å². The Morgan fingerprint density at radius 2 is 2.00 bits per heavy atom. The zero-order valence-corrected chi connectivity index (χ0v) is 8.20. The van der Waals surface area contributed by atoms with Gasteiger partial charge in [-0.1, -0.05) is 5.92 Å². The largest absolute Gasteiger partial charge is 0.452 e. The second-order valence-corrected chi connectivity index (χ2v) is 2.79. The predicted octanol–water partition coefficient (Wildman–Crippen LogP) is 1.80. The fraction of sp³-hybridized carbons (Fsp3) is 0.429. The van der Waals surface area contributed by atoms with Crippen LogP contribution in [0.4, 0.5) is 13.2 Å². The summed E-state index contributed by atoms with van der Waals surface area (Å²) < 4.78 is 38.6. The van der Waals surface area contributed by atoms with E-state index in [0.717, 1.165) is 4.68 Å². The summed E-state index contributed by atoms with van der Waals surface area (Å²) in [5, 5.41) is 3.25. The van der Waals surface area contributed by atoms with Gasteiger partial charge in [0.1, 0.15) is 0 Å². The van der Waals surface area contributed by atoms with E-state index in [0.29, 0.717) is 4.57 Å². The lowest BCUT2D eigenvalue weighted by Gasteiger charge is -2.02. The van der Waals surface area contributed by atoms with Crippen LogP contribution in [0.15, 0.2) is 0 Å². The van der Waals surface area contributed by atoms with Gasteiger partial charge in [-0.25, -0.2) is 9.25 Å². The predicted molar refractivity (Wildman–Crippen MR) is 45.9 cm³/mol. The highest BCUT2D eigenvalue weighted by Gasteiger charge is 2.37. The summed E-state index contributed by atoms with van der Waals surface area (Å²) in [5.74, 6) is 1.25. The maximum absolute atomic E-state index is 12.4. The van der Waals surface area contributed by atoms with Crippen molar-refractivity contribution in [3.8, 4) is 12.0 Å². The summed E-state index contributed by atoms with van der Waals surface area (Å²) in [7, 11) is 1.34. The quantitative estimate of drug-likeness (QED) is 0.492. The van der Waals surface area contributed by atoms with Crippen LogP contribution in [0.25, 0.3) is 0 Å². The summed E-state index contributed by atoms with van der Waals surface area (Å²) in [5.41, 5.74) is 0. The first-order chi connectivity index (χ1) is 6.38. The van der Waals surface area contributed by atoms with Crippen molar-refractivity contribution in [3.05, 3.63) is 10.6 Å². The molecule has 0 aliphatic carbocycles. The normalized spacial score (nSPS) is 10.9. The van der Waals surface area contributed by atoms with Crippen LogP contribution in [0.1, 0.15) is 12.7 Å². The minimum atomic E-state index is -4.54. The molecule has 1 aromatic heterocycles. The first kappa shape index (κ1) is 10.8. The molecule has 0 bridgehead atoms. The van der Waals surface area contributed by atoms with Gasteiger partial charge in [0.05, 0.1) is 0 Å². The van der Waals surface area contributed by atoms with E-state index in [-0.39, 0.29) is 4.77 Å². The minimum absolute atomic E-state index is 0.0772. The van der Waals surface area contributed by atoms with E-state index in [1.54, 1.807) is 0 Å². The smallest absolute Gasteiger partial charge is 0.240 e. The van der Waals surface area contributed by atoms with E-state index >= 15 is 0 Å². The Bertz CT molecular complexity index is 457. The van der Waals surface area contributed by atoms with Gasteiger partial charge in [-0.05, 0) is 19.1 Å². The molecule has 0 fully saturated rings. The first-order valence-electron chi connectivity index (χ1n) is 3.54. The molecule has 7 heteroatoms. The molecule has 0 unspecified atom stereocenters. The molecule has 1 aromatic rings. The molecule has 0 atom stereocenters. The van der Waals surface area contributed by atoms with E-state index in [2.05, 4.69) is 17.1 Å². The van der Waals surface area contributed by atoms with Crippen molar-refractivity contribution in [2.45, 2.75) is 13.1 Å². The molecule has 0 radical (unpaired) electrons. The van der Waals surface area contributed by atoms with Crippen LogP contribution in [-0.2, 0) is 13.2 Å². The molecule has 1 heterocycles. The number of rotatable bonds is 0. The second kappa shape index (κ2) is 3.46. The molecular weight excluding hydrogens is 215 g/mol. The van der Waals surface area contributed by atoms with Crippen LogP contribution in [0.3, 0.4) is 0 Å². The summed E-state index contributed by atoms with van der Waals surface area (Å²) >= 11 is 4.71. The highest BCUT2D eigenvalue weighted by atomic mass is 32.1. The summed E-state index contributed by atoms with van der Waals surface area (Å²) in [6.45, 7) is 1.43. The third-order valence-corrected chi connectivity index (χ3v) is 1.85. The van der Waals surface area contributed by atoms with Crippen molar-refractivity contribution in [1.82, 2.24) is 14.3 Å². The molecule has 0 saturated carbocycles. The summed E-state index contributed by atoms with van der Waals surface area (Å²) in [4.78, 5) is 0. The third-order valence-electron chi connectivity index (χ3n) is 1.40. The molecular formula is C7H6F3N3S. The zero-order chi connectivity index (χ0) is 10.9. The number of aromatic nitrogens is 3. The molecule has 3 nitrogen and oxygen atoms in total. The summed E-state index contributed by atoms with van der Waals surface area (Å²) in [6, 6.07) is 2.23. The Morgan fingerprint density at radius 3 is 2.43 bits per heavy atom. The average molecular weight is 221 g/mol. The zero-order valence-electron chi connectivity index (χ0n) is 7.38. The van der Waals surface area contributed by atoms with Gasteiger partial charge in [-0.2, -0.15) is 13.2 Å². The van der Waals surface area contributed by atoms with Crippen molar-refractivity contribution >= 4 is 12.2 Å². The van der Waals surface area contributed by atoms with Gasteiger partial charge in [0.25, 0.3) is 0 Å². The standard InChI is InChI=1S/C7H6F3N3S/c1-3-4-13-5(7(8,9)10)11-12(2)6(13)14/h1-2H3. The number of hydrogen-bond acceptors (Lipinski definition) is 2. The Morgan fingerprint density at radius 1 is 1.43 bits per heavy atom. The number of alkyl halides is 3. The first-order valence-corrected chi connectivity index (χ1v) is 3.94. The van der Waals surface area contributed by atoms with Gasteiger partial charge in [0, 0.05) is 13.1 Å². The van der Waals surface area contributed by atoms with Gasteiger partial charge >= 0.3 is 6.18 Å². The van der Waals surface area contributed by atoms with Gasteiger partial charge in [-0.3, -0.25) is 0 Å². The van der Waals surface area contributed by atoms with E-state index in [9.17, 15) is 13.2 Å². The lowest BCUT2D eigenvalue weighted by molar-refractivity contribution is -0.146. The Kier molecular flexibility index (Phi) is 2.66. The fourth-order valence-corrected chi connectivity index (χ4v) is 1.03. The van der Waals surface area contributed by atoms with Gasteiger partial charge in [0.2, 0.25) is 10.6 Å². The van der Waals surface area contributed by atoms with Crippen molar-refractivity contribution < 1.29 is 13.2 Å². The van der Waals surface area contributed by atoms with Crippen LogP contribution in [0, 0.1) is 16.7 Å². The number of hydrogen-bond donors (Lipinski definition) is 0. The molecule has 14 heavy (non-hydrogen) atoms. The molecule has 0 aliphatic heterocycles. The lowest BCUT2D eigenvalue weighted by Crippen LogP contribution is -2.12. The van der Waals surface area contributed by atoms with E-state index in [1.165, 1.54) is 14.0 Å². The molecule has 0 N–H and O–H groups in total. The van der Waals surface area contributed by atoms with Gasteiger partial charge in [-0.15, -0.1) is 5.10 Å².